The first-order chi connectivity index (χ1) is 9.78. The molecule has 0 radical (unpaired) electrons. The number of hydrogen-bond acceptors (Lipinski definition) is 2. The molecule has 8 heteroatoms. The van der Waals surface area contributed by atoms with Gasteiger partial charge in [-0.05, 0) is 25.2 Å². The van der Waals surface area contributed by atoms with E-state index in [-0.39, 0.29) is 6.04 Å². The van der Waals surface area contributed by atoms with E-state index in [1.165, 1.54) is 4.90 Å². The molecule has 0 bridgehead atoms. The van der Waals surface area contributed by atoms with Crippen LogP contribution in [-0.4, -0.2) is 58.8 Å². The van der Waals surface area contributed by atoms with E-state index in [4.69, 9.17) is 5.11 Å². The molecule has 2 atom stereocenters. The van der Waals surface area contributed by atoms with Crippen LogP contribution in [0.3, 0.4) is 0 Å². The van der Waals surface area contributed by atoms with Crippen LogP contribution < -0.4 is 0 Å². The summed E-state index contributed by atoms with van der Waals surface area (Å²) in [6.07, 6.45) is 0.0316. The van der Waals surface area contributed by atoms with Crippen LogP contribution in [0.2, 0.25) is 0 Å². The van der Waals surface area contributed by atoms with Crippen LogP contribution in [0.25, 0.3) is 0 Å². The number of nitrogens with zero attached hydrogens (tertiary/aromatic N) is 2. The summed E-state index contributed by atoms with van der Waals surface area (Å²) in [5.41, 5.74) is 0. The van der Waals surface area contributed by atoms with Crippen molar-refractivity contribution in [3.8, 4) is 0 Å². The first kappa shape index (κ1) is 15.9. The highest BCUT2D eigenvalue weighted by atomic mass is 19.4. The molecule has 21 heavy (non-hydrogen) atoms. The second-order valence-corrected chi connectivity index (χ2v) is 5.74. The van der Waals surface area contributed by atoms with E-state index in [0.29, 0.717) is 17.4 Å². The van der Waals surface area contributed by atoms with Crippen molar-refractivity contribution < 1.29 is 27.9 Å². The molecular weight excluding hydrogens is 289 g/mol. The smallest absolute Gasteiger partial charge is 0.406 e. The lowest BCUT2D eigenvalue weighted by Crippen LogP contribution is -2.51. The fraction of sp³-hybridized carbons (Fsp3) is 0.846. The summed E-state index contributed by atoms with van der Waals surface area (Å²) < 4.78 is 37.6. The molecule has 2 unspecified atom stereocenters. The fourth-order valence-corrected chi connectivity index (χ4v) is 3.40. The average Bonchev–Trinajstić information content (AvgIpc) is 2.78. The van der Waals surface area contributed by atoms with Crippen molar-refractivity contribution in [3.05, 3.63) is 0 Å². The van der Waals surface area contributed by atoms with Gasteiger partial charge in [-0.1, -0.05) is 12.8 Å². The molecule has 2 amide bonds. The minimum absolute atomic E-state index is 0.0317. The maximum Gasteiger partial charge on any atom is 0.406 e. The van der Waals surface area contributed by atoms with E-state index in [0.717, 1.165) is 32.1 Å². The predicted molar refractivity (Wildman–Crippen MR) is 67.7 cm³/mol. The number of amides is 2. The van der Waals surface area contributed by atoms with Gasteiger partial charge in [0.25, 0.3) is 0 Å². The third-order valence-corrected chi connectivity index (χ3v) is 4.22. The topological polar surface area (TPSA) is 60.9 Å². The molecule has 1 saturated heterocycles. The molecule has 0 aromatic carbocycles. The number of alkyl halides is 3. The van der Waals surface area contributed by atoms with Crippen molar-refractivity contribution in [1.82, 2.24) is 9.80 Å². The van der Waals surface area contributed by atoms with Crippen molar-refractivity contribution in [2.24, 2.45) is 5.92 Å². The van der Waals surface area contributed by atoms with E-state index in [2.05, 4.69) is 0 Å². The van der Waals surface area contributed by atoms with Gasteiger partial charge in [0, 0.05) is 12.6 Å². The Hall–Kier alpha value is -1.47. The Morgan fingerprint density at radius 1 is 1.19 bits per heavy atom. The van der Waals surface area contributed by atoms with Crippen molar-refractivity contribution in [2.45, 2.75) is 44.3 Å². The summed E-state index contributed by atoms with van der Waals surface area (Å²) in [6.45, 7) is -2.03. The molecule has 2 fully saturated rings. The van der Waals surface area contributed by atoms with Gasteiger partial charge in [0.1, 0.15) is 13.1 Å². The minimum Gasteiger partial charge on any atom is -0.480 e. The lowest BCUT2D eigenvalue weighted by molar-refractivity contribution is -0.149. The van der Waals surface area contributed by atoms with Crippen LogP contribution >= 0.6 is 0 Å². The molecule has 5 nitrogen and oxygen atoms in total. The van der Waals surface area contributed by atoms with Crippen molar-refractivity contribution in [2.75, 3.05) is 19.6 Å². The van der Waals surface area contributed by atoms with Gasteiger partial charge >= 0.3 is 18.2 Å². The van der Waals surface area contributed by atoms with E-state index in [9.17, 15) is 22.8 Å². The highest BCUT2D eigenvalue weighted by Crippen LogP contribution is 2.36. The Kier molecular flexibility index (Phi) is 4.63. The molecule has 1 aliphatic carbocycles. The van der Waals surface area contributed by atoms with Gasteiger partial charge < -0.3 is 14.9 Å². The van der Waals surface area contributed by atoms with Crippen LogP contribution in [0.1, 0.15) is 32.1 Å². The Morgan fingerprint density at radius 3 is 2.48 bits per heavy atom. The second-order valence-electron chi connectivity index (χ2n) is 5.74. The van der Waals surface area contributed by atoms with Crippen molar-refractivity contribution in [1.29, 1.82) is 0 Å². The maximum absolute atomic E-state index is 12.5. The van der Waals surface area contributed by atoms with Crippen LogP contribution in [0.15, 0.2) is 0 Å². The lowest BCUT2D eigenvalue weighted by Gasteiger charge is -2.35. The van der Waals surface area contributed by atoms with Crippen LogP contribution in [0.4, 0.5) is 18.0 Å². The van der Waals surface area contributed by atoms with Crippen molar-refractivity contribution in [3.63, 3.8) is 0 Å². The number of aliphatic carboxylic acids is 1. The molecule has 0 spiro atoms. The summed E-state index contributed by atoms with van der Waals surface area (Å²) in [6, 6.07) is -0.833. The standard InChI is InChI=1S/C13H19F3N2O3/c14-13(15,16)8-17(7-11(19)20)12(21)18-6-5-9-3-1-2-4-10(9)18/h9-10H,1-8H2,(H,19,20). The number of halogens is 3. The van der Waals surface area contributed by atoms with Gasteiger partial charge in [0.2, 0.25) is 0 Å². The van der Waals surface area contributed by atoms with Gasteiger partial charge in [-0.3, -0.25) is 4.79 Å². The number of hydrogen-bond donors (Lipinski definition) is 1. The third kappa shape index (κ3) is 4.01. The van der Waals surface area contributed by atoms with Gasteiger partial charge in [0.15, 0.2) is 0 Å². The highest BCUT2D eigenvalue weighted by molar-refractivity contribution is 5.80. The van der Waals surface area contributed by atoms with E-state index in [1.807, 2.05) is 0 Å². The number of urea groups is 1. The number of carbonyl (C=O) groups excluding carboxylic acids is 1. The summed E-state index contributed by atoms with van der Waals surface area (Å²) in [5, 5.41) is 8.73. The average molecular weight is 308 g/mol. The van der Waals surface area contributed by atoms with E-state index >= 15 is 0 Å². The second kappa shape index (κ2) is 6.11. The molecule has 1 saturated carbocycles. The molecule has 1 aliphatic heterocycles. The third-order valence-electron chi connectivity index (χ3n) is 4.22. The first-order valence-electron chi connectivity index (χ1n) is 7.12. The lowest BCUT2D eigenvalue weighted by atomic mass is 9.85. The molecule has 1 heterocycles. The van der Waals surface area contributed by atoms with Gasteiger partial charge in [-0.25, -0.2) is 4.79 Å². The molecule has 0 aromatic rings. The Balaban J connectivity index is 2.08. The molecule has 1 N–H and O–H groups in total. The molecule has 120 valence electrons. The Morgan fingerprint density at radius 2 is 1.86 bits per heavy atom. The van der Waals surface area contributed by atoms with Gasteiger partial charge in [-0.15, -0.1) is 0 Å². The SMILES string of the molecule is O=C(O)CN(CC(F)(F)F)C(=O)N1CCC2CCCCC21. The minimum atomic E-state index is -4.60. The summed E-state index contributed by atoms with van der Waals surface area (Å²) in [5.74, 6) is -1.09. The monoisotopic (exact) mass is 308 g/mol. The Bertz CT molecular complexity index is 414. The van der Waals surface area contributed by atoms with Crippen LogP contribution in [-0.2, 0) is 4.79 Å². The Labute approximate surface area is 120 Å². The van der Waals surface area contributed by atoms with Crippen molar-refractivity contribution >= 4 is 12.0 Å². The normalized spacial score (nSPS) is 25.6. The fourth-order valence-electron chi connectivity index (χ4n) is 3.40. The number of likely N-dealkylation sites (tertiary alicyclic amines) is 1. The zero-order valence-corrected chi connectivity index (χ0v) is 11.6. The maximum atomic E-state index is 12.5. The van der Waals surface area contributed by atoms with Crippen LogP contribution in [0.5, 0.6) is 0 Å². The number of fused-ring (bicyclic) bond motifs is 1. The molecule has 2 aliphatic rings. The summed E-state index contributed by atoms with van der Waals surface area (Å²) >= 11 is 0. The quantitative estimate of drug-likeness (QED) is 0.870. The molecule has 0 aromatic heterocycles. The van der Waals surface area contributed by atoms with Gasteiger partial charge in [-0.2, -0.15) is 13.2 Å². The predicted octanol–water partition coefficient (Wildman–Crippen LogP) is 2.32. The number of carbonyl (C=O) groups is 2. The number of rotatable bonds is 3. The number of carboxylic acids is 1. The largest absolute Gasteiger partial charge is 0.480 e. The van der Waals surface area contributed by atoms with E-state index in [1.54, 1.807) is 0 Å². The molecular formula is C13H19F3N2O3. The van der Waals surface area contributed by atoms with Gasteiger partial charge in [0.05, 0.1) is 0 Å². The highest BCUT2D eigenvalue weighted by Gasteiger charge is 2.42. The van der Waals surface area contributed by atoms with Crippen LogP contribution in [0, 0.1) is 5.92 Å². The number of carboxylic acid groups (broad SMARTS) is 1. The summed E-state index contributed by atoms with van der Waals surface area (Å²) in [7, 11) is 0. The molecule has 2 rings (SSSR count). The summed E-state index contributed by atoms with van der Waals surface area (Å²) in [4.78, 5) is 24.9. The zero-order chi connectivity index (χ0) is 15.6. The zero-order valence-electron chi connectivity index (χ0n) is 11.6. The van der Waals surface area contributed by atoms with E-state index < -0.39 is 31.3 Å². The first-order valence-corrected chi connectivity index (χ1v) is 7.12.